The van der Waals surface area contributed by atoms with Crippen molar-refractivity contribution in [3.63, 3.8) is 0 Å². The van der Waals surface area contributed by atoms with E-state index in [0.29, 0.717) is 11.6 Å². The lowest BCUT2D eigenvalue weighted by Crippen LogP contribution is -2.23. The summed E-state index contributed by atoms with van der Waals surface area (Å²) in [4.78, 5) is 17.4. The molecule has 3 rings (SSSR count). The fraction of sp³-hybridized carbons (Fsp3) is 0.222. The van der Waals surface area contributed by atoms with E-state index in [-0.39, 0.29) is 22.8 Å². The second kappa shape index (κ2) is 8.13. The Morgan fingerprint density at radius 1 is 1.29 bits per heavy atom. The predicted octanol–water partition coefficient (Wildman–Crippen LogP) is 3.02. The van der Waals surface area contributed by atoms with E-state index in [1.54, 1.807) is 0 Å². The van der Waals surface area contributed by atoms with E-state index in [1.165, 1.54) is 57.0 Å². The normalized spacial score (nSPS) is 11.6. The molecule has 148 valence electrons. The van der Waals surface area contributed by atoms with Crippen LogP contribution in [0.5, 0.6) is 5.75 Å². The molecular weight excluding hydrogens is 404 g/mol. The molecule has 0 amide bonds. The first-order valence-electron chi connectivity index (χ1n) is 8.09. The Bertz CT molecular complexity index is 1070. The number of oxazole rings is 1. The maximum Gasteiger partial charge on any atom is 0.338 e. The summed E-state index contributed by atoms with van der Waals surface area (Å²) in [5.41, 5.74) is 0.537. The molecule has 0 radical (unpaired) electrons. The third-order valence-corrected chi connectivity index (χ3v) is 6.49. The molecule has 8 nitrogen and oxygen atoms in total. The van der Waals surface area contributed by atoms with Gasteiger partial charge in [0.25, 0.3) is 0 Å². The second-order valence-electron chi connectivity index (χ2n) is 5.85. The minimum atomic E-state index is -3.79. The summed E-state index contributed by atoms with van der Waals surface area (Å²) >= 11 is 1.48. The first kappa shape index (κ1) is 20.1. The Hall–Kier alpha value is -2.69. The zero-order valence-electron chi connectivity index (χ0n) is 15.4. The summed E-state index contributed by atoms with van der Waals surface area (Å²) in [6, 6.07) is 7.84. The number of hydrogen-bond acceptors (Lipinski definition) is 8. The fourth-order valence-corrected chi connectivity index (χ4v) is 4.04. The van der Waals surface area contributed by atoms with Gasteiger partial charge in [-0.15, -0.1) is 11.3 Å². The number of rotatable bonds is 7. The molecule has 0 atom stereocenters. The summed E-state index contributed by atoms with van der Waals surface area (Å²) in [5, 5.41) is 1.91. The van der Waals surface area contributed by atoms with E-state index in [9.17, 15) is 13.2 Å². The summed E-state index contributed by atoms with van der Waals surface area (Å²) in [6.45, 7) is -0.102. The van der Waals surface area contributed by atoms with Gasteiger partial charge in [0.1, 0.15) is 29.2 Å². The van der Waals surface area contributed by atoms with Gasteiger partial charge in [-0.05, 0) is 29.6 Å². The summed E-state index contributed by atoms with van der Waals surface area (Å²) in [6.07, 6.45) is 1.41. The highest BCUT2D eigenvalue weighted by Crippen LogP contribution is 2.27. The predicted molar refractivity (Wildman–Crippen MR) is 103 cm³/mol. The number of hydrogen-bond donors (Lipinski definition) is 0. The summed E-state index contributed by atoms with van der Waals surface area (Å²) in [5.74, 6) is -0.0919. The van der Waals surface area contributed by atoms with Crippen molar-refractivity contribution in [3.05, 3.63) is 53.2 Å². The van der Waals surface area contributed by atoms with Crippen molar-refractivity contribution < 1.29 is 27.1 Å². The lowest BCUT2D eigenvalue weighted by Gasteiger charge is -2.15. The quantitative estimate of drug-likeness (QED) is 0.540. The SMILES string of the molecule is COc1ccc(C(=O)OCc2coc(-c3cccs3)n2)cc1S(=O)(=O)N(C)C. The molecule has 0 spiro atoms. The second-order valence-corrected chi connectivity index (χ2v) is 8.92. The molecule has 2 aromatic heterocycles. The largest absolute Gasteiger partial charge is 0.495 e. The van der Waals surface area contributed by atoms with Gasteiger partial charge in [-0.3, -0.25) is 0 Å². The molecule has 0 saturated heterocycles. The number of sulfonamides is 1. The van der Waals surface area contributed by atoms with E-state index in [0.717, 1.165) is 9.18 Å². The lowest BCUT2D eigenvalue weighted by molar-refractivity contribution is 0.0467. The molecule has 0 unspecified atom stereocenters. The number of methoxy groups -OCH3 is 1. The molecule has 2 heterocycles. The first-order chi connectivity index (χ1) is 13.3. The van der Waals surface area contributed by atoms with Gasteiger partial charge in [0.05, 0.1) is 17.6 Å². The average molecular weight is 422 g/mol. The number of nitrogens with zero attached hydrogens (tertiary/aromatic N) is 2. The summed E-state index contributed by atoms with van der Waals surface area (Å²) in [7, 11) is 0.365. The van der Waals surface area contributed by atoms with Crippen LogP contribution in [-0.4, -0.2) is 44.9 Å². The van der Waals surface area contributed by atoms with Crippen molar-refractivity contribution in [3.8, 4) is 16.5 Å². The number of thiophene rings is 1. The molecule has 1 aromatic carbocycles. The highest BCUT2D eigenvalue weighted by Gasteiger charge is 2.24. The van der Waals surface area contributed by atoms with Crippen molar-refractivity contribution in [2.45, 2.75) is 11.5 Å². The minimum absolute atomic E-state index is 0.0863. The van der Waals surface area contributed by atoms with Crippen LogP contribution in [0.15, 0.2) is 51.3 Å². The van der Waals surface area contributed by atoms with Crippen LogP contribution < -0.4 is 4.74 Å². The fourth-order valence-electron chi connectivity index (χ4n) is 2.31. The molecule has 0 saturated carbocycles. The number of carbonyl (C=O) groups excluding carboxylic acids is 1. The van der Waals surface area contributed by atoms with Crippen molar-refractivity contribution in [2.24, 2.45) is 0 Å². The minimum Gasteiger partial charge on any atom is -0.495 e. The van der Waals surface area contributed by atoms with Gasteiger partial charge in [-0.1, -0.05) is 6.07 Å². The van der Waals surface area contributed by atoms with Crippen LogP contribution in [-0.2, 0) is 21.4 Å². The highest BCUT2D eigenvalue weighted by molar-refractivity contribution is 7.89. The molecular formula is C18H18N2O6S2. The zero-order chi connectivity index (χ0) is 20.3. The van der Waals surface area contributed by atoms with Gasteiger partial charge in [0.2, 0.25) is 15.9 Å². The van der Waals surface area contributed by atoms with Crippen LogP contribution in [0.2, 0.25) is 0 Å². The van der Waals surface area contributed by atoms with Crippen LogP contribution in [0.4, 0.5) is 0 Å². The van der Waals surface area contributed by atoms with Gasteiger partial charge >= 0.3 is 5.97 Å². The lowest BCUT2D eigenvalue weighted by atomic mass is 10.2. The molecule has 0 aliphatic heterocycles. The van der Waals surface area contributed by atoms with Gasteiger partial charge in [0.15, 0.2) is 0 Å². The van der Waals surface area contributed by atoms with Gasteiger partial charge in [-0.25, -0.2) is 22.5 Å². The molecule has 0 aliphatic carbocycles. The van der Waals surface area contributed by atoms with E-state index in [2.05, 4.69) is 4.98 Å². The van der Waals surface area contributed by atoms with Gasteiger partial charge in [-0.2, -0.15) is 0 Å². The topological polar surface area (TPSA) is 98.9 Å². The number of benzene rings is 1. The van der Waals surface area contributed by atoms with E-state index in [1.807, 2.05) is 17.5 Å². The standard InChI is InChI=1S/C18H18N2O6S2/c1-20(2)28(22,23)16-9-12(6-7-14(16)24-3)18(21)26-11-13-10-25-17(19-13)15-5-4-8-27-15/h4-10H,11H2,1-3H3. The molecule has 3 aromatic rings. The van der Waals surface area contributed by atoms with Gasteiger partial charge < -0.3 is 13.9 Å². The number of aromatic nitrogens is 1. The Balaban J connectivity index is 1.76. The summed E-state index contributed by atoms with van der Waals surface area (Å²) < 4.78 is 41.7. The third-order valence-electron chi connectivity index (χ3n) is 3.79. The number of carbonyl (C=O) groups is 1. The van der Waals surface area contributed by atoms with Gasteiger partial charge in [0, 0.05) is 14.1 Å². The highest BCUT2D eigenvalue weighted by atomic mass is 32.2. The van der Waals surface area contributed by atoms with Crippen LogP contribution >= 0.6 is 11.3 Å². The van der Waals surface area contributed by atoms with Crippen LogP contribution in [0.1, 0.15) is 16.1 Å². The van der Waals surface area contributed by atoms with E-state index >= 15 is 0 Å². The Labute approximate surface area is 166 Å². The monoisotopic (exact) mass is 422 g/mol. The van der Waals surface area contributed by atoms with Crippen LogP contribution in [0.3, 0.4) is 0 Å². The van der Waals surface area contributed by atoms with Crippen molar-refractivity contribution in [2.75, 3.05) is 21.2 Å². The molecule has 28 heavy (non-hydrogen) atoms. The molecule has 0 bridgehead atoms. The maximum absolute atomic E-state index is 12.5. The maximum atomic E-state index is 12.5. The first-order valence-corrected chi connectivity index (χ1v) is 10.4. The number of esters is 1. The van der Waals surface area contributed by atoms with Crippen molar-refractivity contribution >= 4 is 27.3 Å². The third kappa shape index (κ3) is 4.08. The van der Waals surface area contributed by atoms with Crippen molar-refractivity contribution in [1.29, 1.82) is 0 Å². The Kier molecular flexibility index (Phi) is 5.82. The Morgan fingerprint density at radius 3 is 2.71 bits per heavy atom. The van der Waals surface area contributed by atoms with E-state index in [4.69, 9.17) is 13.9 Å². The molecule has 0 fully saturated rings. The average Bonchev–Trinajstić information content (AvgIpc) is 3.36. The molecule has 10 heteroatoms. The van der Waals surface area contributed by atoms with Crippen LogP contribution in [0.25, 0.3) is 10.8 Å². The van der Waals surface area contributed by atoms with Crippen molar-refractivity contribution in [1.82, 2.24) is 9.29 Å². The number of ether oxygens (including phenoxy) is 2. The molecule has 0 aliphatic rings. The van der Waals surface area contributed by atoms with E-state index < -0.39 is 16.0 Å². The van der Waals surface area contributed by atoms with Crippen LogP contribution in [0, 0.1) is 0 Å². The molecule has 0 N–H and O–H groups in total. The smallest absolute Gasteiger partial charge is 0.338 e. The Morgan fingerprint density at radius 2 is 2.07 bits per heavy atom. The zero-order valence-corrected chi connectivity index (χ0v) is 17.0.